The van der Waals surface area contributed by atoms with E-state index >= 15 is 0 Å². The molecule has 2 aromatic rings. The molecule has 0 bridgehead atoms. The Kier molecular flexibility index (Phi) is 5.21. The predicted molar refractivity (Wildman–Crippen MR) is 96.4 cm³/mol. The number of methoxy groups -OCH3 is 2. The molecule has 0 aliphatic rings. The molecule has 4 nitrogen and oxygen atoms in total. The van der Waals surface area contributed by atoms with Crippen molar-refractivity contribution in [2.45, 2.75) is 32.4 Å². The maximum atomic E-state index is 11.7. The van der Waals surface area contributed by atoms with Gasteiger partial charge in [0.1, 0.15) is 17.1 Å². The molecule has 1 unspecified atom stereocenters. The van der Waals surface area contributed by atoms with Crippen LogP contribution in [0.15, 0.2) is 48.5 Å². The van der Waals surface area contributed by atoms with Crippen LogP contribution in [0.4, 0.5) is 0 Å². The minimum atomic E-state index is -1.32. The first-order chi connectivity index (χ1) is 11.2. The molecule has 0 heterocycles. The summed E-state index contributed by atoms with van der Waals surface area (Å²) in [7, 11) is 3.23. The summed E-state index contributed by atoms with van der Waals surface area (Å²) in [5.41, 5.74) is 6.37. The molecule has 2 aromatic carbocycles. The number of rotatable bonds is 5. The molecule has 0 spiro atoms. The Hall–Kier alpha value is -2.04. The van der Waals surface area contributed by atoms with Gasteiger partial charge in [-0.1, -0.05) is 45.0 Å². The summed E-state index contributed by atoms with van der Waals surface area (Å²) in [4.78, 5) is 0. The Morgan fingerprint density at radius 1 is 0.792 bits per heavy atom. The van der Waals surface area contributed by atoms with Crippen LogP contribution in [0.25, 0.3) is 0 Å². The quantitative estimate of drug-likeness (QED) is 0.883. The van der Waals surface area contributed by atoms with Gasteiger partial charge in [0, 0.05) is 6.04 Å². The van der Waals surface area contributed by atoms with Gasteiger partial charge in [-0.15, -0.1) is 0 Å². The van der Waals surface area contributed by atoms with Crippen LogP contribution in [0.1, 0.15) is 31.9 Å². The van der Waals surface area contributed by atoms with E-state index in [2.05, 4.69) is 0 Å². The monoisotopic (exact) mass is 329 g/mol. The van der Waals surface area contributed by atoms with Crippen molar-refractivity contribution in [1.29, 1.82) is 0 Å². The van der Waals surface area contributed by atoms with E-state index in [1.165, 1.54) is 0 Å². The lowest BCUT2D eigenvalue weighted by molar-refractivity contribution is 0.0111. The van der Waals surface area contributed by atoms with Gasteiger partial charge in [-0.3, -0.25) is 0 Å². The number of ether oxygens (including phenoxy) is 2. The van der Waals surface area contributed by atoms with Gasteiger partial charge in [-0.2, -0.15) is 0 Å². The van der Waals surface area contributed by atoms with Crippen molar-refractivity contribution in [1.82, 2.24) is 0 Å². The summed E-state index contributed by atoms with van der Waals surface area (Å²) in [6, 6.07) is 14.2. The minimum absolute atomic E-state index is 0.297. The highest BCUT2D eigenvalue weighted by atomic mass is 16.5. The molecule has 0 saturated carbocycles. The number of hydrogen-bond acceptors (Lipinski definition) is 4. The molecule has 4 heteroatoms. The highest BCUT2D eigenvalue weighted by molar-refractivity contribution is 5.42. The van der Waals surface area contributed by atoms with E-state index in [0.29, 0.717) is 0 Å². The van der Waals surface area contributed by atoms with Crippen molar-refractivity contribution in [3.63, 3.8) is 0 Å². The van der Waals surface area contributed by atoms with E-state index in [0.717, 1.165) is 22.6 Å². The molecule has 0 radical (unpaired) electrons. The van der Waals surface area contributed by atoms with Crippen molar-refractivity contribution in [2.75, 3.05) is 14.2 Å². The number of benzene rings is 2. The van der Waals surface area contributed by atoms with Crippen LogP contribution in [-0.4, -0.2) is 25.4 Å². The largest absolute Gasteiger partial charge is 0.497 e. The van der Waals surface area contributed by atoms with Crippen LogP contribution in [-0.2, 0) is 5.60 Å². The zero-order valence-corrected chi connectivity index (χ0v) is 15.0. The molecule has 130 valence electrons. The maximum Gasteiger partial charge on any atom is 0.130 e. The highest BCUT2D eigenvalue weighted by Crippen LogP contribution is 2.40. The lowest BCUT2D eigenvalue weighted by atomic mass is 9.70. The van der Waals surface area contributed by atoms with Crippen LogP contribution in [0, 0.1) is 5.41 Å². The smallest absolute Gasteiger partial charge is 0.130 e. The molecule has 1 atom stereocenters. The molecular weight excluding hydrogens is 302 g/mol. The second-order valence-electron chi connectivity index (χ2n) is 7.07. The van der Waals surface area contributed by atoms with Crippen LogP contribution < -0.4 is 15.2 Å². The van der Waals surface area contributed by atoms with E-state index in [1.807, 2.05) is 69.3 Å². The normalized spacial score (nSPS) is 13.5. The first-order valence-corrected chi connectivity index (χ1v) is 8.00. The average molecular weight is 329 g/mol. The van der Waals surface area contributed by atoms with Gasteiger partial charge in [0.05, 0.1) is 14.2 Å². The second-order valence-corrected chi connectivity index (χ2v) is 7.07. The predicted octanol–water partition coefficient (Wildman–Crippen LogP) is 3.31. The molecule has 24 heavy (non-hydrogen) atoms. The standard InChI is InChI=1S/C20H27NO3/c1-19(2,3)18(21)20(22,14-6-10-16(23-4)11-7-14)15-8-12-17(24-5)13-9-15/h6-13,18,22H,21H2,1-5H3. The van der Waals surface area contributed by atoms with E-state index < -0.39 is 11.6 Å². The number of hydrogen-bond donors (Lipinski definition) is 2. The molecule has 2 rings (SSSR count). The average Bonchev–Trinajstić information content (AvgIpc) is 2.59. The summed E-state index contributed by atoms with van der Waals surface area (Å²) >= 11 is 0. The van der Waals surface area contributed by atoms with Crippen molar-refractivity contribution in [3.05, 3.63) is 59.7 Å². The molecule has 0 aliphatic heterocycles. The zero-order chi connectivity index (χ0) is 18.0. The van der Waals surface area contributed by atoms with Crippen molar-refractivity contribution < 1.29 is 14.6 Å². The second kappa shape index (κ2) is 6.83. The van der Waals surface area contributed by atoms with Gasteiger partial charge in [-0.25, -0.2) is 0 Å². The third-order valence-electron chi connectivity index (χ3n) is 4.44. The maximum absolute atomic E-state index is 11.7. The fourth-order valence-electron chi connectivity index (χ4n) is 2.84. The highest BCUT2D eigenvalue weighted by Gasteiger charge is 2.44. The summed E-state index contributed by atoms with van der Waals surface area (Å²) < 4.78 is 10.4. The third kappa shape index (κ3) is 3.40. The van der Waals surface area contributed by atoms with Crippen molar-refractivity contribution in [2.24, 2.45) is 11.1 Å². The number of nitrogens with two attached hydrogens (primary N) is 1. The zero-order valence-electron chi connectivity index (χ0n) is 15.0. The number of aliphatic hydroxyl groups is 1. The first kappa shape index (κ1) is 18.3. The topological polar surface area (TPSA) is 64.7 Å². The Morgan fingerprint density at radius 3 is 1.38 bits per heavy atom. The van der Waals surface area contributed by atoms with Gasteiger partial charge in [0.2, 0.25) is 0 Å². The van der Waals surface area contributed by atoms with E-state index in [1.54, 1.807) is 14.2 Å². The molecule has 0 amide bonds. The van der Waals surface area contributed by atoms with Crippen molar-refractivity contribution >= 4 is 0 Å². The van der Waals surface area contributed by atoms with Gasteiger partial charge in [0.15, 0.2) is 0 Å². The fourth-order valence-corrected chi connectivity index (χ4v) is 2.84. The molecule has 0 fully saturated rings. The summed E-state index contributed by atoms with van der Waals surface area (Å²) in [6.45, 7) is 6.07. The Bertz CT molecular complexity index is 609. The summed E-state index contributed by atoms with van der Waals surface area (Å²) in [5, 5.41) is 11.7. The third-order valence-corrected chi connectivity index (χ3v) is 4.44. The van der Waals surface area contributed by atoms with Crippen LogP contribution in [0.2, 0.25) is 0 Å². The van der Waals surface area contributed by atoms with Gasteiger partial charge >= 0.3 is 0 Å². The van der Waals surface area contributed by atoms with Gasteiger partial charge in [0.25, 0.3) is 0 Å². The summed E-state index contributed by atoms with van der Waals surface area (Å²) in [6.07, 6.45) is 0. The Balaban J connectivity index is 2.58. The molecular formula is C20H27NO3. The van der Waals surface area contributed by atoms with E-state index in [9.17, 15) is 5.11 Å². The minimum Gasteiger partial charge on any atom is -0.497 e. The molecule has 0 saturated heterocycles. The molecule has 0 aromatic heterocycles. The Morgan fingerprint density at radius 2 is 1.12 bits per heavy atom. The van der Waals surface area contributed by atoms with E-state index in [4.69, 9.17) is 15.2 Å². The summed E-state index contributed by atoms with van der Waals surface area (Å²) in [5.74, 6) is 1.47. The fraction of sp³-hybridized carbons (Fsp3) is 0.400. The Labute approximate surface area is 144 Å². The van der Waals surface area contributed by atoms with Crippen LogP contribution >= 0.6 is 0 Å². The first-order valence-electron chi connectivity index (χ1n) is 8.00. The molecule has 3 N–H and O–H groups in total. The lowest BCUT2D eigenvalue weighted by Crippen LogP contribution is -2.53. The van der Waals surface area contributed by atoms with Crippen LogP contribution in [0.3, 0.4) is 0 Å². The van der Waals surface area contributed by atoms with Gasteiger partial charge in [-0.05, 0) is 40.8 Å². The SMILES string of the molecule is COc1ccc(C(O)(c2ccc(OC)cc2)C(N)C(C)(C)C)cc1. The van der Waals surface area contributed by atoms with Crippen molar-refractivity contribution in [3.8, 4) is 11.5 Å². The lowest BCUT2D eigenvalue weighted by Gasteiger charge is -2.42. The van der Waals surface area contributed by atoms with Gasteiger partial charge < -0.3 is 20.3 Å². The molecule has 0 aliphatic carbocycles. The van der Waals surface area contributed by atoms with E-state index in [-0.39, 0.29) is 5.41 Å². The van der Waals surface area contributed by atoms with Crippen LogP contribution in [0.5, 0.6) is 11.5 Å².